The van der Waals surface area contributed by atoms with Crippen LogP contribution in [0.5, 0.6) is 0 Å². The van der Waals surface area contributed by atoms with E-state index in [0.29, 0.717) is 6.29 Å². The zero-order chi connectivity index (χ0) is 8.57. The molecule has 0 spiro atoms. The molecule has 60 valence electrons. The van der Waals surface area contributed by atoms with E-state index in [1.807, 2.05) is 20.8 Å². The Morgan fingerprint density at radius 2 is 1.90 bits per heavy atom. The van der Waals surface area contributed by atoms with Crippen LogP contribution in [-0.4, -0.2) is 12.1 Å². The molecular formula is C8H16O2. The van der Waals surface area contributed by atoms with Crippen molar-refractivity contribution in [1.82, 2.24) is 0 Å². The molecule has 0 aliphatic carbocycles. The molecule has 0 aromatic rings. The van der Waals surface area contributed by atoms with Gasteiger partial charge in [0.05, 0.1) is 0 Å². The molecule has 0 bridgehead atoms. The Morgan fingerprint density at radius 3 is 2.00 bits per heavy atom. The van der Waals surface area contributed by atoms with E-state index in [9.17, 15) is 9.59 Å². The molecular weight excluding hydrogens is 128 g/mol. The van der Waals surface area contributed by atoms with Crippen LogP contribution in [0, 0.1) is 5.92 Å². The van der Waals surface area contributed by atoms with Crippen LogP contribution in [0.2, 0.25) is 0 Å². The molecule has 0 aromatic heterocycles. The van der Waals surface area contributed by atoms with E-state index in [1.165, 1.54) is 0 Å². The molecule has 10 heavy (non-hydrogen) atoms. The SMILES string of the molecule is CC.CCC(C)C(=O)C=O. The second kappa shape index (κ2) is 8.34. The third-order valence-electron chi connectivity index (χ3n) is 1.21. The van der Waals surface area contributed by atoms with Crippen molar-refractivity contribution in [3.63, 3.8) is 0 Å². The molecule has 0 aliphatic heterocycles. The first-order valence-electron chi connectivity index (χ1n) is 3.71. The summed E-state index contributed by atoms with van der Waals surface area (Å²) in [6, 6.07) is 0. The monoisotopic (exact) mass is 144 g/mol. The Bertz CT molecular complexity index is 97.4. The number of rotatable bonds is 3. The molecule has 0 aliphatic rings. The van der Waals surface area contributed by atoms with Crippen LogP contribution in [0.25, 0.3) is 0 Å². The van der Waals surface area contributed by atoms with Gasteiger partial charge in [0, 0.05) is 5.92 Å². The van der Waals surface area contributed by atoms with Crippen molar-refractivity contribution in [2.75, 3.05) is 0 Å². The first-order chi connectivity index (χ1) is 4.72. The van der Waals surface area contributed by atoms with Gasteiger partial charge in [-0.15, -0.1) is 0 Å². The minimum atomic E-state index is -0.299. The van der Waals surface area contributed by atoms with Crippen molar-refractivity contribution in [3.05, 3.63) is 0 Å². The molecule has 0 fully saturated rings. The lowest BCUT2D eigenvalue weighted by atomic mass is 10.1. The van der Waals surface area contributed by atoms with E-state index in [0.717, 1.165) is 6.42 Å². The maximum absolute atomic E-state index is 10.4. The maximum atomic E-state index is 10.4. The second-order valence-corrected chi connectivity index (χ2v) is 1.83. The van der Waals surface area contributed by atoms with Crippen molar-refractivity contribution in [2.24, 2.45) is 5.92 Å². The lowest BCUT2D eigenvalue weighted by molar-refractivity contribution is -0.132. The predicted octanol–water partition coefficient (Wildman–Crippen LogP) is 1.83. The summed E-state index contributed by atoms with van der Waals surface area (Å²) in [6.45, 7) is 7.63. The molecule has 2 heteroatoms. The summed E-state index contributed by atoms with van der Waals surface area (Å²) in [7, 11) is 0. The number of carbonyl (C=O) groups excluding carboxylic acids is 2. The normalized spacial score (nSPS) is 10.8. The number of ketones is 1. The van der Waals surface area contributed by atoms with Gasteiger partial charge in [0.15, 0.2) is 12.1 Å². The van der Waals surface area contributed by atoms with E-state index in [1.54, 1.807) is 6.92 Å². The first-order valence-corrected chi connectivity index (χ1v) is 3.71. The highest BCUT2D eigenvalue weighted by molar-refractivity contribution is 6.25. The van der Waals surface area contributed by atoms with Gasteiger partial charge in [-0.25, -0.2) is 0 Å². The van der Waals surface area contributed by atoms with Crippen molar-refractivity contribution in [2.45, 2.75) is 34.1 Å². The van der Waals surface area contributed by atoms with Crippen LogP contribution in [0.1, 0.15) is 34.1 Å². The summed E-state index contributed by atoms with van der Waals surface area (Å²) in [5, 5.41) is 0. The van der Waals surface area contributed by atoms with Gasteiger partial charge in [0.2, 0.25) is 0 Å². The fourth-order valence-electron chi connectivity index (χ4n) is 0.317. The number of hydrogen-bond donors (Lipinski definition) is 0. The molecule has 0 aromatic carbocycles. The van der Waals surface area contributed by atoms with Gasteiger partial charge in [-0.2, -0.15) is 0 Å². The number of carbonyl (C=O) groups is 2. The second-order valence-electron chi connectivity index (χ2n) is 1.83. The van der Waals surface area contributed by atoms with Crippen LogP contribution in [0.15, 0.2) is 0 Å². The summed E-state index contributed by atoms with van der Waals surface area (Å²) >= 11 is 0. The van der Waals surface area contributed by atoms with E-state index < -0.39 is 0 Å². The molecule has 0 amide bonds. The topological polar surface area (TPSA) is 34.1 Å². The highest BCUT2D eigenvalue weighted by atomic mass is 16.2. The molecule has 2 nitrogen and oxygen atoms in total. The van der Waals surface area contributed by atoms with E-state index in [-0.39, 0.29) is 11.7 Å². The van der Waals surface area contributed by atoms with E-state index in [2.05, 4.69) is 0 Å². The zero-order valence-electron chi connectivity index (χ0n) is 7.18. The molecule has 0 saturated heterocycles. The quantitative estimate of drug-likeness (QED) is 0.447. The highest BCUT2D eigenvalue weighted by Gasteiger charge is 2.06. The summed E-state index contributed by atoms with van der Waals surface area (Å²) < 4.78 is 0. The summed E-state index contributed by atoms with van der Waals surface area (Å²) in [4.78, 5) is 20.1. The van der Waals surface area contributed by atoms with Crippen LogP contribution in [-0.2, 0) is 9.59 Å². The smallest absolute Gasteiger partial charge is 0.197 e. The van der Waals surface area contributed by atoms with Gasteiger partial charge in [0.1, 0.15) is 0 Å². The predicted molar refractivity (Wildman–Crippen MR) is 41.9 cm³/mol. The van der Waals surface area contributed by atoms with Crippen LogP contribution < -0.4 is 0 Å². The molecule has 1 atom stereocenters. The Labute approximate surface area is 62.6 Å². The lowest BCUT2D eigenvalue weighted by Crippen LogP contribution is -2.09. The Hall–Kier alpha value is -0.660. The third-order valence-corrected chi connectivity index (χ3v) is 1.21. The maximum Gasteiger partial charge on any atom is 0.197 e. The van der Waals surface area contributed by atoms with Gasteiger partial charge in [-0.1, -0.05) is 27.7 Å². The van der Waals surface area contributed by atoms with E-state index >= 15 is 0 Å². The number of aldehydes is 1. The molecule has 0 N–H and O–H groups in total. The van der Waals surface area contributed by atoms with Gasteiger partial charge >= 0.3 is 0 Å². The zero-order valence-corrected chi connectivity index (χ0v) is 7.18. The van der Waals surface area contributed by atoms with Crippen LogP contribution in [0.4, 0.5) is 0 Å². The third kappa shape index (κ3) is 5.48. The Kier molecular flexibility index (Phi) is 10.1. The Balaban J connectivity index is 0. The minimum absolute atomic E-state index is 0.0903. The lowest BCUT2D eigenvalue weighted by Gasteiger charge is -1.97. The summed E-state index contributed by atoms with van der Waals surface area (Å²) in [5.74, 6) is -0.389. The molecule has 0 heterocycles. The van der Waals surface area contributed by atoms with Crippen LogP contribution >= 0.6 is 0 Å². The average Bonchev–Trinajstić information content (AvgIpc) is 2.05. The fourth-order valence-corrected chi connectivity index (χ4v) is 0.317. The molecule has 0 rings (SSSR count). The Morgan fingerprint density at radius 1 is 1.50 bits per heavy atom. The van der Waals surface area contributed by atoms with Gasteiger partial charge in [-0.05, 0) is 6.42 Å². The van der Waals surface area contributed by atoms with Crippen LogP contribution in [0.3, 0.4) is 0 Å². The van der Waals surface area contributed by atoms with Gasteiger partial charge in [0.25, 0.3) is 0 Å². The van der Waals surface area contributed by atoms with E-state index in [4.69, 9.17) is 0 Å². The van der Waals surface area contributed by atoms with Crippen molar-refractivity contribution in [1.29, 1.82) is 0 Å². The molecule has 0 radical (unpaired) electrons. The first kappa shape index (κ1) is 12.1. The average molecular weight is 144 g/mol. The minimum Gasteiger partial charge on any atom is -0.295 e. The summed E-state index contributed by atoms with van der Waals surface area (Å²) in [6.07, 6.45) is 1.13. The molecule has 0 saturated carbocycles. The fraction of sp³-hybridized carbons (Fsp3) is 0.750. The number of hydrogen-bond acceptors (Lipinski definition) is 2. The van der Waals surface area contributed by atoms with Gasteiger partial charge < -0.3 is 0 Å². The van der Waals surface area contributed by atoms with Crippen molar-refractivity contribution < 1.29 is 9.59 Å². The van der Waals surface area contributed by atoms with Gasteiger partial charge in [-0.3, -0.25) is 9.59 Å². The number of Topliss-reactive ketones (excluding diaryl/α,β-unsaturated/α-hetero) is 1. The molecule has 1 unspecified atom stereocenters. The highest BCUT2D eigenvalue weighted by Crippen LogP contribution is 1.98. The van der Waals surface area contributed by atoms with Crippen molar-refractivity contribution in [3.8, 4) is 0 Å². The largest absolute Gasteiger partial charge is 0.295 e. The van der Waals surface area contributed by atoms with Crippen molar-refractivity contribution >= 4 is 12.1 Å². The standard InChI is InChI=1S/C6H10O2.C2H6/c1-3-5(2)6(8)4-7;1-2/h4-5H,3H2,1-2H3;1-2H3. The summed E-state index contributed by atoms with van der Waals surface area (Å²) in [5.41, 5.74) is 0.